The van der Waals surface area contributed by atoms with Gasteiger partial charge in [0.1, 0.15) is 18.7 Å². The lowest BCUT2D eigenvalue weighted by Crippen LogP contribution is -2.74. The van der Waals surface area contributed by atoms with Crippen LogP contribution in [0.25, 0.3) is 11.0 Å². The number of rotatable bonds is 7. The van der Waals surface area contributed by atoms with Gasteiger partial charge in [0.2, 0.25) is 0 Å². The summed E-state index contributed by atoms with van der Waals surface area (Å²) < 4.78 is 0. The minimum Gasteiger partial charge on any atom is -0.195 e. The van der Waals surface area contributed by atoms with E-state index >= 15 is 0 Å². The van der Waals surface area contributed by atoms with Crippen molar-refractivity contribution >= 4 is 49.9 Å². The van der Waals surface area contributed by atoms with Crippen LogP contribution in [-0.4, -0.2) is 18.7 Å². The van der Waals surface area contributed by atoms with Gasteiger partial charge in [0.15, 0.2) is 4.91 Å². The molecule has 0 aromatic heterocycles. The molecule has 6 aromatic rings. The maximum absolute atomic E-state index is 2.29. The van der Waals surface area contributed by atoms with E-state index in [2.05, 4.69) is 201 Å². The number of hydrogen-bond acceptors (Lipinski definition) is 0. The van der Waals surface area contributed by atoms with E-state index in [-0.39, 0.29) is 10.9 Å². The van der Waals surface area contributed by atoms with Crippen LogP contribution < -0.4 is 21.9 Å². The van der Waals surface area contributed by atoms with Crippen molar-refractivity contribution in [3.8, 4) is 0 Å². The van der Waals surface area contributed by atoms with Crippen LogP contribution in [-0.2, 0) is 10.9 Å². The molecule has 0 fully saturated rings. The molecule has 0 unspecified atom stereocenters. The Kier molecular flexibility index (Phi) is 9.93. The van der Waals surface area contributed by atoms with Gasteiger partial charge in [0.25, 0.3) is 0 Å². The van der Waals surface area contributed by atoms with Crippen LogP contribution in [0.3, 0.4) is 0 Å². The van der Waals surface area contributed by atoms with E-state index in [1.54, 1.807) is 0 Å². The SMILES string of the molecule is C[S+](C)/C(=C\c1ccccc1)c1ccccc1.c1ccc([B-](c2ccccc2)(c2ccccc2)c2ccccc2)cc1. The molecule has 42 heavy (non-hydrogen) atoms. The maximum Gasteiger partial charge on any atom is 0.162 e. The summed E-state index contributed by atoms with van der Waals surface area (Å²) in [5.41, 5.74) is 7.95. The fourth-order valence-electron chi connectivity index (χ4n) is 5.86. The molecule has 6 aromatic carbocycles. The van der Waals surface area contributed by atoms with E-state index in [4.69, 9.17) is 0 Å². The molecule has 0 aliphatic heterocycles. The molecule has 0 nitrogen and oxygen atoms in total. The van der Waals surface area contributed by atoms with Gasteiger partial charge >= 0.3 is 0 Å². The highest BCUT2D eigenvalue weighted by atomic mass is 32.2. The first-order valence-corrected chi connectivity index (χ1v) is 16.5. The van der Waals surface area contributed by atoms with Crippen LogP contribution in [0.1, 0.15) is 11.1 Å². The van der Waals surface area contributed by atoms with Crippen LogP contribution in [0.5, 0.6) is 0 Å². The lowest BCUT2D eigenvalue weighted by Gasteiger charge is -2.44. The summed E-state index contributed by atoms with van der Waals surface area (Å²) >= 11 is 0. The van der Waals surface area contributed by atoms with Gasteiger partial charge in [0, 0.05) is 22.5 Å². The third kappa shape index (κ3) is 6.68. The maximum atomic E-state index is 2.29. The van der Waals surface area contributed by atoms with E-state index < -0.39 is 6.15 Å². The van der Waals surface area contributed by atoms with E-state index in [0.717, 1.165) is 0 Å². The van der Waals surface area contributed by atoms with Gasteiger partial charge < -0.3 is 0 Å². The number of hydrogen-bond donors (Lipinski definition) is 0. The Bertz CT molecular complexity index is 1490. The molecule has 0 spiro atoms. The first-order chi connectivity index (χ1) is 20.7. The van der Waals surface area contributed by atoms with Crippen molar-refractivity contribution in [2.45, 2.75) is 0 Å². The van der Waals surface area contributed by atoms with Gasteiger partial charge in [-0.3, -0.25) is 0 Å². The van der Waals surface area contributed by atoms with Gasteiger partial charge in [-0.25, -0.2) is 0 Å². The summed E-state index contributed by atoms with van der Waals surface area (Å²) in [6.07, 6.45) is 5.61. The Morgan fingerprint density at radius 2 is 0.690 bits per heavy atom. The highest BCUT2D eigenvalue weighted by Crippen LogP contribution is 2.23. The smallest absolute Gasteiger partial charge is 0.162 e. The summed E-state index contributed by atoms with van der Waals surface area (Å²) in [6.45, 7) is 0. The molecule has 0 saturated carbocycles. The van der Waals surface area contributed by atoms with E-state index in [1.165, 1.54) is 37.9 Å². The van der Waals surface area contributed by atoms with Gasteiger partial charge in [-0.05, 0) is 17.7 Å². The quantitative estimate of drug-likeness (QED) is 0.111. The zero-order valence-electron chi connectivity index (χ0n) is 24.4. The van der Waals surface area contributed by atoms with Crippen LogP contribution in [0.15, 0.2) is 182 Å². The van der Waals surface area contributed by atoms with Crippen LogP contribution in [0.4, 0.5) is 0 Å². The Morgan fingerprint density at radius 1 is 0.405 bits per heavy atom. The minimum absolute atomic E-state index is 0.256. The van der Waals surface area contributed by atoms with Crippen molar-refractivity contribution in [3.63, 3.8) is 0 Å². The summed E-state index contributed by atoms with van der Waals surface area (Å²) in [5.74, 6) is 0. The van der Waals surface area contributed by atoms with E-state index in [0.29, 0.717) is 0 Å². The fourth-order valence-corrected chi connectivity index (χ4v) is 6.84. The Labute approximate surface area is 254 Å². The third-order valence-electron chi connectivity index (χ3n) is 7.79. The average molecular weight is 561 g/mol. The first kappa shape index (κ1) is 29.0. The Hall–Kier alpha value is -4.53. The van der Waals surface area contributed by atoms with Gasteiger partial charge in [-0.15, -0.1) is 0 Å². The largest absolute Gasteiger partial charge is 0.195 e. The predicted octanol–water partition coefficient (Wildman–Crippen LogP) is 7.13. The van der Waals surface area contributed by atoms with E-state index in [1.807, 2.05) is 0 Å². The summed E-state index contributed by atoms with van der Waals surface area (Å²) in [4.78, 5) is 1.41. The molecule has 0 radical (unpaired) electrons. The highest BCUT2D eigenvalue weighted by Gasteiger charge is 2.31. The highest BCUT2D eigenvalue weighted by molar-refractivity contribution is 8.04. The predicted molar refractivity (Wildman–Crippen MR) is 190 cm³/mol. The normalized spacial score (nSPS) is 11.5. The fraction of sp³-hybridized carbons (Fsp3) is 0.0500. The minimum atomic E-state index is -1.22. The van der Waals surface area contributed by atoms with Crippen LogP contribution in [0.2, 0.25) is 0 Å². The zero-order chi connectivity index (χ0) is 29.0. The monoisotopic (exact) mass is 560 g/mol. The molecule has 0 bridgehead atoms. The van der Waals surface area contributed by atoms with Crippen molar-refractivity contribution in [2.24, 2.45) is 0 Å². The first-order valence-electron chi connectivity index (χ1n) is 14.5. The third-order valence-corrected chi connectivity index (χ3v) is 9.03. The van der Waals surface area contributed by atoms with Crippen molar-refractivity contribution in [1.29, 1.82) is 0 Å². The standard InChI is InChI=1S/C24H20B.C16H17S/c1-5-13-21(14-6-1)25(22-15-7-2-8-16-22,23-17-9-3-10-18-23)24-19-11-4-12-20-24;1-17(2)16(15-11-7-4-8-12-15)13-14-9-5-3-6-10-14/h1-20H;3-13H,1-2H3/q-1;+1/b;16-13-. The molecule has 0 amide bonds. The van der Waals surface area contributed by atoms with Gasteiger partial charge in [0.05, 0.1) is 0 Å². The molecule has 0 heterocycles. The molecule has 206 valence electrons. The molecule has 0 N–H and O–H groups in total. The summed E-state index contributed by atoms with van der Waals surface area (Å²) in [6, 6.07) is 64.7. The van der Waals surface area contributed by atoms with Crippen LogP contribution >= 0.6 is 0 Å². The lowest BCUT2D eigenvalue weighted by atomic mass is 9.13. The topological polar surface area (TPSA) is 0 Å². The summed E-state index contributed by atoms with van der Waals surface area (Å²) in [7, 11) is 0.256. The van der Waals surface area contributed by atoms with Crippen LogP contribution in [0, 0.1) is 0 Å². The molecular formula is C40H37BS. The molecular weight excluding hydrogens is 523 g/mol. The average Bonchev–Trinajstić information content (AvgIpc) is 3.07. The molecule has 0 aliphatic rings. The van der Waals surface area contributed by atoms with Crippen molar-refractivity contribution < 1.29 is 0 Å². The van der Waals surface area contributed by atoms with E-state index in [9.17, 15) is 0 Å². The second kappa shape index (κ2) is 14.4. The Balaban J connectivity index is 0.000000181. The molecule has 0 aliphatic carbocycles. The van der Waals surface area contributed by atoms with Gasteiger partial charge in [-0.1, -0.05) is 170 Å². The molecule has 0 atom stereocenters. The molecule has 0 saturated heterocycles. The van der Waals surface area contributed by atoms with Crippen molar-refractivity contribution in [3.05, 3.63) is 193 Å². The van der Waals surface area contributed by atoms with Crippen molar-refractivity contribution in [2.75, 3.05) is 12.5 Å². The van der Waals surface area contributed by atoms with Gasteiger partial charge in [-0.2, -0.15) is 21.9 Å². The zero-order valence-corrected chi connectivity index (χ0v) is 25.2. The number of benzene rings is 6. The Morgan fingerprint density at radius 3 is 1.00 bits per heavy atom. The second-order valence-corrected chi connectivity index (χ2v) is 12.7. The lowest BCUT2D eigenvalue weighted by molar-refractivity contribution is 1.64. The summed E-state index contributed by atoms with van der Waals surface area (Å²) in [5, 5.41) is 0. The molecule has 6 rings (SSSR count). The second-order valence-electron chi connectivity index (χ2n) is 10.6. The van der Waals surface area contributed by atoms with Crippen molar-refractivity contribution in [1.82, 2.24) is 0 Å². The molecule has 2 heteroatoms.